The highest BCUT2D eigenvalue weighted by Gasteiger charge is 2.08. The lowest BCUT2D eigenvalue weighted by Gasteiger charge is -2.11. The van der Waals surface area contributed by atoms with Crippen LogP contribution < -0.4 is 16.4 Å². The van der Waals surface area contributed by atoms with Crippen LogP contribution in [0, 0.1) is 0 Å². The van der Waals surface area contributed by atoms with Gasteiger partial charge in [-0.1, -0.05) is 24.3 Å². The number of rotatable bonds is 6. The molecule has 7 heteroatoms. The molecule has 3 aromatic carbocycles. The summed E-state index contributed by atoms with van der Waals surface area (Å²) in [5, 5.41) is 5.70. The van der Waals surface area contributed by atoms with Crippen molar-refractivity contribution in [3.8, 4) is 16.8 Å². The topological polar surface area (TPSA) is 88.2 Å². The van der Waals surface area contributed by atoms with Crippen molar-refractivity contribution in [2.45, 2.75) is 0 Å². The fraction of sp³-hybridized carbons (Fsp3) is 0.167. The van der Waals surface area contributed by atoms with Gasteiger partial charge in [0.15, 0.2) is 0 Å². The molecule has 0 spiro atoms. The number of hydrogen-bond donors (Lipinski definition) is 3. The second-order valence-electron chi connectivity index (χ2n) is 7.67. The molecule has 2 amide bonds. The normalized spacial score (nSPS) is 11.1. The molecule has 0 atom stereocenters. The van der Waals surface area contributed by atoms with Gasteiger partial charge in [0.05, 0.1) is 11.0 Å². The van der Waals surface area contributed by atoms with E-state index in [1.54, 1.807) is 0 Å². The lowest BCUT2D eigenvalue weighted by atomic mass is 10.0. The number of anilines is 2. The van der Waals surface area contributed by atoms with E-state index < -0.39 is 0 Å². The van der Waals surface area contributed by atoms with Crippen molar-refractivity contribution in [2.75, 3.05) is 38.2 Å². The van der Waals surface area contributed by atoms with Crippen LogP contribution in [0.3, 0.4) is 0 Å². The molecule has 4 aromatic rings. The van der Waals surface area contributed by atoms with Crippen LogP contribution in [0.5, 0.6) is 0 Å². The highest BCUT2D eigenvalue weighted by atomic mass is 16.2. The molecule has 1 aromatic heterocycles. The van der Waals surface area contributed by atoms with Gasteiger partial charge in [-0.05, 0) is 67.7 Å². The molecule has 0 saturated heterocycles. The molecule has 158 valence electrons. The molecule has 0 radical (unpaired) electrons. The maximum absolute atomic E-state index is 12.0. The van der Waals surface area contributed by atoms with E-state index >= 15 is 0 Å². The number of hydrogen-bond acceptors (Lipinski definition) is 4. The van der Waals surface area contributed by atoms with Crippen molar-refractivity contribution in [3.63, 3.8) is 0 Å². The molecule has 0 saturated carbocycles. The average Bonchev–Trinajstić information content (AvgIpc) is 3.17. The largest absolute Gasteiger partial charge is 0.399 e. The van der Waals surface area contributed by atoms with Crippen LogP contribution in [-0.2, 0) is 0 Å². The highest BCUT2D eigenvalue weighted by Crippen LogP contribution is 2.27. The summed E-state index contributed by atoms with van der Waals surface area (Å²) in [7, 11) is 3.94. The molecule has 0 unspecified atom stereocenters. The summed E-state index contributed by atoms with van der Waals surface area (Å²) in [6.07, 6.45) is 1.81. The molecular weight excluding hydrogens is 388 g/mol. The molecule has 7 nitrogen and oxygen atoms in total. The van der Waals surface area contributed by atoms with E-state index in [9.17, 15) is 4.79 Å². The van der Waals surface area contributed by atoms with Gasteiger partial charge in [-0.15, -0.1) is 0 Å². The van der Waals surface area contributed by atoms with Crippen LogP contribution in [0.2, 0.25) is 0 Å². The smallest absolute Gasteiger partial charge is 0.319 e. The zero-order chi connectivity index (χ0) is 21.8. The number of nitrogens with two attached hydrogens (primary N) is 1. The van der Waals surface area contributed by atoms with Gasteiger partial charge in [0.1, 0.15) is 6.33 Å². The Balaban J connectivity index is 1.52. The number of nitrogens with one attached hydrogen (secondary N) is 2. The minimum absolute atomic E-state index is 0.206. The van der Waals surface area contributed by atoms with Crippen LogP contribution in [0.25, 0.3) is 27.8 Å². The van der Waals surface area contributed by atoms with Crippen molar-refractivity contribution in [3.05, 3.63) is 73.1 Å². The van der Waals surface area contributed by atoms with Crippen LogP contribution in [0.15, 0.2) is 73.1 Å². The molecule has 31 heavy (non-hydrogen) atoms. The van der Waals surface area contributed by atoms with Crippen molar-refractivity contribution in [1.82, 2.24) is 19.8 Å². The Morgan fingerprint density at radius 3 is 2.55 bits per heavy atom. The van der Waals surface area contributed by atoms with Crippen molar-refractivity contribution >= 4 is 28.4 Å². The Morgan fingerprint density at radius 1 is 1.03 bits per heavy atom. The summed E-state index contributed by atoms with van der Waals surface area (Å²) in [6, 6.07) is 21.5. The van der Waals surface area contributed by atoms with Gasteiger partial charge < -0.3 is 21.3 Å². The molecule has 0 aliphatic carbocycles. The zero-order valence-electron chi connectivity index (χ0n) is 17.7. The Morgan fingerprint density at radius 2 is 1.81 bits per heavy atom. The first-order valence-corrected chi connectivity index (χ1v) is 10.1. The monoisotopic (exact) mass is 414 g/mol. The maximum atomic E-state index is 12.0. The minimum atomic E-state index is -0.206. The SMILES string of the molecule is CN(C)CCNC(=O)Nc1ccc(-c2ccc3ncn(-c4cccc(N)c4)c3c2)cc1. The molecule has 1 heterocycles. The van der Waals surface area contributed by atoms with Crippen LogP contribution in [-0.4, -0.2) is 47.7 Å². The third kappa shape index (κ3) is 4.84. The Labute approximate surface area is 181 Å². The fourth-order valence-electron chi connectivity index (χ4n) is 3.38. The van der Waals surface area contributed by atoms with Gasteiger partial charge >= 0.3 is 6.03 Å². The highest BCUT2D eigenvalue weighted by molar-refractivity contribution is 5.90. The minimum Gasteiger partial charge on any atom is -0.399 e. The van der Waals surface area contributed by atoms with Gasteiger partial charge in [-0.2, -0.15) is 0 Å². The first kappa shape index (κ1) is 20.4. The van der Waals surface area contributed by atoms with E-state index in [4.69, 9.17) is 5.73 Å². The number of fused-ring (bicyclic) bond motifs is 1. The number of benzene rings is 3. The number of aromatic nitrogens is 2. The predicted molar refractivity (Wildman–Crippen MR) is 126 cm³/mol. The molecule has 0 aliphatic rings. The van der Waals surface area contributed by atoms with E-state index in [0.29, 0.717) is 12.2 Å². The predicted octanol–water partition coefficient (Wildman–Crippen LogP) is 3.96. The standard InChI is InChI=1S/C24H26N6O/c1-29(2)13-12-26-24(31)28-20-9-6-17(7-10-20)18-8-11-22-23(14-18)30(16-27-22)21-5-3-4-19(25)15-21/h3-11,14-16H,12-13,25H2,1-2H3,(H2,26,28,31). The Hall–Kier alpha value is -3.84. The van der Waals surface area contributed by atoms with Crippen LogP contribution >= 0.6 is 0 Å². The van der Waals surface area contributed by atoms with E-state index in [1.165, 1.54) is 0 Å². The van der Waals surface area contributed by atoms with Crippen LogP contribution in [0.4, 0.5) is 16.2 Å². The fourth-order valence-corrected chi connectivity index (χ4v) is 3.38. The van der Waals surface area contributed by atoms with Gasteiger partial charge in [0, 0.05) is 30.2 Å². The number of nitrogens with zero attached hydrogens (tertiary/aromatic N) is 3. The number of amides is 2. The lowest BCUT2D eigenvalue weighted by Crippen LogP contribution is -2.34. The number of imidazole rings is 1. The summed E-state index contributed by atoms with van der Waals surface area (Å²) < 4.78 is 2.03. The van der Waals surface area contributed by atoms with E-state index in [2.05, 4.69) is 27.8 Å². The molecule has 0 bridgehead atoms. The second-order valence-corrected chi connectivity index (χ2v) is 7.67. The van der Waals surface area contributed by atoms with Crippen LogP contribution in [0.1, 0.15) is 0 Å². The van der Waals surface area contributed by atoms with Gasteiger partial charge in [-0.3, -0.25) is 4.57 Å². The Kier molecular flexibility index (Phi) is 5.86. The first-order chi connectivity index (χ1) is 15.0. The number of nitrogen functional groups attached to an aromatic ring is 1. The summed E-state index contributed by atoms with van der Waals surface area (Å²) in [5.74, 6) is 0. The van der Waals surface area contributed by atoms with E-state index in [0.717, 1.165) is 40.1 Å². The summed E-state index contributed by atoms with van der Waals surface area (Å²) >= 11 is 0. The van der Waals surface area contributed by atoms with E-state index in [-0.39, 0.29) is 6.03 Å². The molecule has 4 rings (SSSR count). The zero-order valence-corrected chi connectivity index (χ0v) is 17.7. The van der Waals surface area contributed by atoms with Gasteiger partial charge in [0.2, 0.25) is 0 Å². The van der Waals surface area contributed by atoms with Crippen molar-refractivity contribution < 1.29 is 4.79 Å². The second kappa shape index (κ2) is 8.89. The Bertz CT molecular complexity index is 1200. The first-order valence-electron chi connectivity index (χ1n) is 10.1. The molecular formula is C24H26N6O. The number of likely N-dealkylation sites (N-methyl/N-ethyl adjacent to an activating group) is 1. The molecule has 4 N–H and O–H groups in total. The third-order valence-electron chi connectivity index (χ3n) is 5.02. The number of carbonyl (C=O) groups is 1. The van der Waals surface area contributed by atoms with Gasteiger partial charge in [0.25, 0.3) is 0 Å². The summed E-state index contributed by atoms with van der Waals surface area (Å²) in [4.78, 5) is 18.5. The van der Waals surface area contributed by atoms with Crippen molar-refractivity contribution in [1.29, 1.82) is 0 Å². The summed E-state index contributed by atoms with van der Waals surface area (Å²) in [5.41, 5.74) is 12.4. The lowest BCUT2D eigenvalue weighted by molar-refractivity contribution is 0.250. The molecule has 0 aliphatic heterocycles. The quantitative estimate of drug-likeness (QED) is 0.417. The average molecular weight is 415 g/mol. The maximum Gasteiger partial charge on any atom is 0.319 e. The molecule has 0 fully saturated rings. The number of urea groups is 1. The third-order valence-corrected chi connectivity index (χ3v) is 5.02. The van der Waals surface area contributed by atoms with E-state index in [1.807, 2.05) is 84.5 Å². The summed E-state index contributed by atoms with van der Waals surface area (Å²) in [6.45, 7) is 1.39. The number of carbonyl (C=O) groups excluding carboxylic acids is 1. The van der Waals surface area contributed by atoms with Crippen molar-refractivity contribution in [2.24, 2.45) is 0 Å². The van der Waals surface area contributed by atoms with Gasteiger partial charge in [-0.25, -0.2) is 9.78 Å².